The Balaban J connectivity index is 1.65. The Hall–Kier alpha value is -1.63. The van der Waals surface area contributed by atoms with Crippen LogP contribution in [0.1, 0.15) is 35.8 Å². The summed E-state index contributed by atoms with van der Waals surface area (Å²) in [5.74, 6) is 0.813. The second-order valence-electron chi connectivity index (χ2n) is 6.37. The number of likely N-dealkylation sites (tertiary alicyclic amines) is 1. The van der Waals surface area contributed by atoms with E-state index in [0.717, 1.165) is 42.8 Å². The lowest BCUT2D eigenvalue weighted by molar-refractivity contribution is 0.216. The van der Waals surface area contributed by atoms with Crippen LogP contribution >= 0.6 is 0 Å². The summed E-state index contributed by atoms with van der Waals surface area (Å²) < 4.78 is 33.1. The van der Waals surface area contributed by atoms with Gasteiger partial charge >= 0.3 is 0 Å². The Morgan fingerprint density at radius 3 is 2.50 bits per heavy atom. The molecule has 1 N–H and O–H groups in total. The lowest BCUT2D eigenvalue weighted by atomic mass is 10.2. The molecule has 0 aliphatic carbocycles. The molecule has 0 saturated carbocycles. The van der Waals surface area contributed by atoms with Gasteiger partial charge in [-0.3, -0.25) is 4.90 Å². The molecule has 5 nitrogen and oxygen atoms in total. The van der Waals surface area contributed by atoms with Gasteiger partial charge in [-0.25, -0.2) is 13.1 Å². The van der Waals surface area contributed by atoms with Gasteiger partial charge in [0.1, 0.15) is 5.76 Å². The van der Waals surface area contributed by atoms with Crippen molar-refractivity contribution < 1.29 is 12.8 Å². The number of aryl methyl sites for hydroxylation is 1. The maximum absolute atomic E-state index is 12.4. The van der Waals surface area contributed by atoms with Gasteiger partial charge in [0, 0.05) is 6.54 Å². The van der Waals surface area contributed by atoms with Gasteiger partial charge in [0.2, 0.25) is 10.0 Å². The molecule has 1 aromatic heterocycles. The number of sulfonamides is 1. The first kappa shape index (κ1) is 17.2. The Kier molecular flexibility index (Phi) is 5.38. The summed E-state index contributed by atoms with van der Waals surface area (Å²) in [6, 6.07) is 11.3. The van der Waals surface area contributed by atoms with Gasteiger partial charge in [0.15, 0.2) is 0 Å². The van der Waals surface area contributed by atoms with E-state index in [1.807, 2.05) is 43.3 Å². The van der Waals surface area contributed by atoms with Crippen molar-refractivity contribution in [1.29, 1.82) is 0 Å². The number of furan rings is 1. The van der Waals surface area contributed by atoms with Gasteiger partial charge < -0.3 is 4.42 Å². The standard InChI is InChI=1S/C18H24N2O3S/c1-15-6-8-16(9-7-15)14-24(21,22)19-13-17(18-5-4-12-23-18)20-10-2-3-11-20/h4-9,12,17,19H,2-3,10-11,13-14H2,1H3. The van der Waals surface area contributed by atoms with Crippen LogP contribution < -0.4 is 4.72 Å². The molecule has 1 atom stereocenters. The van der Waals surface area contributed by atoms with Crippen molar-refractivity contribution in [2.75, 3.05) is 19.6 Å². The predicted octanol–water partition coefficient (Wildman–Crippen LogP) is 2.84. The number of nitrogens with one attached hydrogen (secondary N) is 1. The van der Waals surface area contributed by atoms with E-state index in [-0.39, 0.29) is 11.8 Å². The van der Waals surface area contributed by atoms with Gasteiger partial charge in [-0.15, -0.1) is 0 Å². The van der Waals surface area contributed by atoms with E-state index in [4.69, 9.17) is 4.42 Å². The number of hydrogen-bond donors (Lipinski definition) is 1. The fourth-order valence-electron chi connectivity index (χ4n) is 3.10. The van der Waals surface area contributed by atoms with E-state index in [2.05, 4.69) is 9.62 Å². The van der Waals surface area contributed by atoms with Crippen LogP contribution in [-0.4, -0.2) is 33.0 Å². The second-order valence-corrected chi connectivity index (χ2v) is 8.17. The van der Waals surface area contributed by atoms with E-state index in [1.165, 1.54) is 0 Å². The Bertz CT molecular complexity index is 733. The first-order chi connectivity index (χ1) is 11.5. The summed E-state index contributed by atoms with van der Waals surface area (Å²) >= 11 is 0. The summed E-state index contributed by atoms with van der Waals surface area (Å²) in [4.78, 5) is 2.28. The molecule has 0 bridgehead atoms. The maximum Gasteiger partial charge on any atom is 0.215 e. The summed E-state index contributed by atoms with van der Waals surface area (Å²) in [5, 5.41) is 0. The molecule has 2 heterocycles. The normalized spacial score (nSPS) is 17.2. The Morgan fingerprint density at radius 2 is 1.88 bits per heavy atom. The molecule has 1 saturated heterocycles. The summed E-state index contributed by atoms with van der Waals surface area (Å²) in [5.41, 5.74) is 1.92. The lowest BCUT2D eigenvalue weighted by Crippen LogP contribution is -2.37. The second kappa shape index (κ2) is 7.51. The zero-order valence-electron chi connectivity index (χ0n) is 13.9. The lowest BCUT2D eigenvalue weighted by Gasteiger charge is -2.25. The molecule has 2 aromatic rings. The quantitative estimate of drug-likeness (QED) is 0.836. The molecule has 1 fully saturated rings. The molecule has 1 aliphatic rings. The zero-order valence-corrected chi connectivity index (χ0v) is 14.8. The Morgan fingerprint density at radius 1 is 1.17 bits per heavy atom. The largest absolute Gasteiger partial charge is 0.468 e. The molecule has 1 aliphatic heterocycles. The minimum Gasteiger partial charge on any atom is -0.468 e. The van der Waals surface area contributed by atoms with Gasteiger partial charge in [-0.2, -0.15) is 0 Å². The highest BCUT2D eigenvalue weighted by molar-refractivity contribution is 7.88. The van der Waals surface area contributed by atoms with Crippen molar-refractivity contribution in [3.05, 3.63) is 59.5 Å². The smallest absolute Gasteiger partial charge is 0.215 e. The number of hydrogen-bond acceptors (Lipinski definition) is 4. The van der Waals surface area contributed by atoms with Crippen molar-refractivity contribution in [1.82, 2.24) is 9.62 Å². The number of nitrogens with zero attached hydrogens (tertiary/aromatic N) is 1. The molecular weight excluding hydrogens is 324 g/mol. The van der Waals surface area contributed by atoms with Crippen LogP contribution in [0.25, 0.3) is 0 Å². The Labute approximate surface area is 143 Å². The fraction of sp³-hybridized carbons (Fsp3) is 0.444. The third-order valence-electron chi connectivity index (χ3n) is 4.43. The fourth-order valence-corrected chi connectivity index (χ4v) is 4.25. The van der Waals surface area contributed by atoms with Crippen LogP contribution in [0.2, 0.25) is 0 Å². The van der Waals surface area contributed by atoms with Gasteiger partial charge in [-0.05, 0) is 50.6 Å². The summed E-state index contributed by atoms with van der Waals surface area (Å²) in [6.45, 7) is 4.28. The average molecular weight is 348 g/mol. The number of rotatable bonds is 7. The minimum absolute atomic E-state index is 0.00183. The topological polar surface area (TPSA) is 62.6 Å². The van der Waals surface area contributed by atoms with Gasteiger partial charge in [-0.1, -0.05) is 29.8 Å². The van der Waals surface area contributed by atoms with Gasteiger partial charge in [0.05, 0.1) is 18.1 Å². The minimum atomic E-state index is -3.38. The molecular formula is C18H24N2O3S. The molecule has 6 heteroatoms. The van der Waals surface area contributed by atoms with Crippen molar-refractivity contribution in [2.45, 2.75) is 31.6 Å². The molecule has 0 amide bonds. The van der Waals surface area contributed by atoms with Crippen LogP contribution in [0.5, 0.6) is 0 Å². The molecule has 0 spiro atoms. The van der Waals surface area contributed by atoms with E-state index >= 15 is 0 Å². The average Bonchev–Trinajstić information content (AvgIpc) is 3.23. The van der Waals surface area contributed by atoms with E-state index in [9.17, 15) is 8.42 Å². The van der Waals surface area contributed by atoms with Crippen LogP contribution in [0, 0.1) is 6.92 Å². The SMILES string of the molecule is Cc1ccc(CS(=O)(=O)NCC(c2ccco2)N2CCCC2)cc1. The van der Waals surface area contributed by atoms with E-state index in [1.54, 1.807) is 6.26 Å². The van der Waals surface area contributed by atoms with Crippen molar-refractivity contribution in [3.63, 3.8) is 0 Å². The first-order valence-electron chi connectivity index (χ1n) is 8.34. The molecule has 3 rings (SSSR count). The van der Waals surface area contributed by atoms with Crippen molar-refractivity contribution >= 4 is 10.0 Å². The summed E-state index contributed by atoms with van der Waals surface area (Å²) in [6.07, 6.45) is 3.93. The first-order valence-corrected chi connectivity index (χ1v) is 9.99. The molecule has 1 aromatic carbocycles. The monoisotopic (exact) mass is 348 g/mol. The maximum atomic E-state index is 12.4. The third kappa shape index (κ3) is 4.47. The number of benzene rings is 1. The van der Waals surface area contributed by atoms with Crippen molar-refractivity contribution in [2.24, 2.45) is 0 Å². The highest BCUT2D eigenvalue weighted by atomic mass is 32.2. The third-order valence-corrected chi connectivity index (χ3v) is 5.75. The molecule has 24 heavy (non-hydrogen) atoms. The predicted molar refractivity (Wildman–Crippen MR) is 94.1 cm³/mol. The molecule has 130 valence electrons. The summed E-state index contributed by atoms with van der Waals surface area (Å²) in [7, 11) is -3.38. The van der Waals surface area contributed by atoms with Crippen LogP contribution in [-0.2, 0) is 15.8 Å². The highest BCUT2D eigenvalue weighted by Crippen LogP contribution is 2.25. The van der Waals surface area contributed by atoms with Crippen LogP contribution in [0.3, 0.4) is 0 Å². The van der Waals surface area contributed by atoms with Gasteiger partial charge in [0.25, 0.3) is 0 Å². The van der Waals surface area contributed by atoms with E-state index < -0.39 is 10.0 Å². The molecule has 0 radical (unpaired) electrons. The highest BCUT2D eigenvalue weighted by Gasteiger charge is 2.27. The van der Waals surface area contributed by atoms with Crippen LogP contribution in [0.4, 0.5) is 0 Å². The molecule has 1 unspecified atom stereocenters. The van der Waals surface area contributed by atoms with Crippen LogP contribution in [0.15, 0.2) is 47.1 Å². The van der Waals surface area contributed by atoms with E-state index in [0.29, 0.717) is 6.54 Å². The zero-order chi connectivity index (χ0) is 17.0. The van der Waals surface area contributed by atoms with Crippen molar-refractivity contribution in [3.8, 4) is 0 Å².